The number of carbonyl (C=O) groups excluding carboxylic acids is 1. The van der Waals surface area contributed by atoms with Crippen molar-refractivity contribution in [3.63, 3.8) is 0 Å². The molecule has 2 N–H and O–H groups in total. The van der Waals surface area contributed by atoms with E-state index in [1.807, 2.05) is 4.90 Å². The standard InChI is InChI=1S/C8H14N2O.C2HF3O2/c11-8(7-1-2-7)10-5-3-9-4-6-10;3-2(4,5)1(6)7/h7,9H,1-6H2;(H,6,7). The number of nitrogens with one attached hydrogen (secondary N) is 1. The number of amides is 1. The van der Waals surface area contributed by atoms with Crippen LogP contribution in [0.5, 0.6) is 0 Å². The van der Waals surface area contributed by atoms with Crippen molar-refractivity contribution in [3.05, 3.63) is 0 Å². The molecule has 0 aromatic heterocycles. The van der Waals surface area contributed by atoms with Crippen molar-refractivity contribution in [3.8, 4) is 0 Å². The topological polar surface area (TPSA) is 69.6 Å². The van der Waals surface area contributed by atoms with Gasteiger partial charge in [-0.1, -0.05) is 0 Å². The number of hydrogen-bond acceptors (Lipinski definition) is 3. The Balaban J connectivity index is 0.000000203. The van der Waals surface area contributed by atoms with E-state index >= 15 is 0 Å². The highest BCUT2D eigenvalue weighted by molar-refractivity contribution is 5.81. The molecule has 1 saturated carbocycles. The van der Waals surface area contributed by atoms with Gasteiger partial charge in [0.2, 0.25) is 5.91 Å². The normalized spacial score (nSPS) is 19.8. The SMILES string of the molecule is O=C(C1CC1)N1CCNCC1.O=C(O)C(F)(F)F. The van der Waals surface area contributed by atoms with E-state index in [0.717, 1.165) is 39.0 Å². The Morgan fingerprint density at radius 3 is 1.94 bits per heavy atom. The summed E-state index contributed by atoms with van der Waals surface area (Å²) in [6, 6.07) is 0. The third-order valence-corrected chi connectivity index (χ3v) is 2.60. The van der Waals surface area contributed by atoms with E-state index < -0.39 is 12.1 Å². The van der Waals surface area contributed by atoms with Gasteiger partial charge in [-0.25, -0.2) is 4.79 Å². The smallest absolute Gasteiger partial charge is 0.475 e. The maximum absolute atomic E-state index is 11.5. The zero-order valence-corrected chi connectivity index (χ0v) is 9.66. The average Bonchev–Trinajstić information content (AvgIpc) is 3.13. The van der Waals surface area contributed by atoms with Crippen molar-refractivity contribution in [2.45, 2.75) is 19.0 Å². The molecule has 0 spiro atoms. The number of alkyl halides is 3. The second kappa shape index (κ2) is 6.03. The zero-order valence-electron chi connectivity index (χ0n) is 9.66. The van der Waals surface area contributed by atoms with Gasteiger partial charge in [-0.3, -0.25) is 4.79 Å². The van der Waals surface area contributed by atoms with Crippen LogP contribution in [0.25, 0.3) is 0 Å². The van der Waals surface area contributed by atoms with Gasteiger partial charge in [0.1, 0.15) is 0 Å². The Hall–Kier alpha value is -1.31. The third-order valence-electron chi connectivity index (χ3n) is 2.60. The fourth-order valence-corrected chi connectivity index (χ4v) is 1.47. The van der Waals surface area contributed by atoms with Gasteiger partial charge >= 0.3 is 12.1 Å². The number of carbonyl (C=O) groups is 2. The minimum atomic E-state index is -5.08. The molecule has 18 heavy (non-hydrogen) atoms. The second-order valence-corrected chi connectivity index (χ2v) is 4.15. The number of piperazine rings is 1. The first-order valence-corrected chi connectivity index (χ1v) is 5.62. The molecule has 0 aromatic rings. The van der Waals surface area contributed by atoms with Crippen LogP contribution >= 0.6 is 0 Å². The summed E-state index contributed by atoms with van der Waals surface area (Å²) in [6.45, 7) is 3.77. The van der Waals surface area contributed by atoms with E-state index in [0.29, 0.717) is 11.8 Å². The quantitative estimate of drug-likeness (QED) is 0.725. The molecule has 1 heterocycles. The van der Waals surface area contributed by atoms with E-state index in [9.17, 15) is 18.0 Å². The molecule has 8 heteroatoms. The highest BCUT2D eigenvalue weighted by Crippen LogP contribution is 2.30. The highest BCUT2D eigenvalue weighted by Gasteiger charge is 2.38. The number of nitrogens with zero attached hydrogens (tertiary/aromatic N) is 1. The maximum atomic E-state index is 11.5. The summed E-state index contributed by atoms with van der Waals surface area (Å²) < 4.78 is 31.7. The van der Waals surface area contributed by atoms with Crippen molar-refractivity contribution in [2.75, 3.05) is 26.2 Å². The van der Waals surface area contributed by atoms with E-state index in [4.69, 9.17) is 9.90 Å². The van der Waals surface area contributed by atoms with Crippen LogP contribution in [-0.4, -0.2) is 54.2 Å². The van der Waals surface area contributed by atoms with Crippen LogP contribution in [0.15, 0.2) is 0 Å². The molecule has 0 bridgehead atoms. The van der Waals surface area contributed by atoms with Crippen LogP contribution in [0.3, 0.4) is 0 Å². The first-order valence-electron chi connectivity index (χ1n) is 5.62. The maximum Gasteiger partial charge on any atom is 0.490 e. The Bertz CT molecular complexity index is 310. The highest BCUT2D eigenvalue weighted by atomic mass is 19.4. The molecule has 0 unspecified atom stereocenters. The average molecular weight is 268 g/mol. The van der Waals surface area contributed by atoms with Crippen molar-refractivity contribution in [1.29, 1.82) is 0 Å². The number of halogens is 3. The minimum absolute atomic E-state index is 0.395. The molecule has 104 valence electrons. The van der Waals surface area contributed by atoms with Gasteiger partial charge in [-0.2, -0.15) is 13.2 Å². The molecule has 0 aromatic carbocycles. The predicted octanol–water partition coefficient (Wildman–Crippen LogP) is 0.462. The number of rotatable bonds is 1. The monoisotopic (exact) mass is 268 g/mol. The van der Waals surface area contributed by atoms with Gasteiger partial charge in [-0.15, -0.1) is 0 Å². The van der Waals surface area contributed by atoms with E-state index in [2.05, 4.69) is 5.32 Å². The van der Waals surface area contributed by atoms with E-state index in [-0.39, 0.29) is 0 Å². The fraction of sp³-hybridized carbons (Fsp3) is 0.800. The van der Waals surface area contributed by atoms with Crippen LogP contribution in [0, 0.1) is 5.92 Å². The number of carboxylic acid groups (broad SMARTS) is 1. The fourth-order valence-electron chi connectivity index (χ4n) is 1.47. The summed E-state index contributed by atoms with van der Waals surface area (Å²) in [4.78, 5) is 22.3. The molecule has 0 radical (unpaired) electrons. The van der Waals surface area contributed by atoms with Gasteiger partial charge < -0.3 is 15.3 Å². The summed E-state index contributed by atoms with van der Waals surface area (Å²) >= 11 is 0. The van der Waals surface area contributed by atoms with Crippen molar-refractivity contribution in [2.24, 2.45) is 5.92 Å². The summed E-state index contributed by atoms with van der Waals surface area (Å²) in [5, 5.41) is 10.4. The van der Waals surface area contributed by atoms with Gasteiger partial charge in [0, 0.05) is 32.1 Å². The molecular weight excluding hydrogens is 253 g/mol. The van der Waals surface area contributed by atoms with Crippen LogP contribution in [0.1, 0.15) is 12.8 Å². The molecule has 5 nitrogen and oxygen atoms in total. The van der Waals surface area contributed by atoms with E-state index in [1.54, 1.807) is 0 Å². The summed E-state index contributed by atoms with van der Waals surface area (Å²) in [5.74, 6) is -1.97. The molecule has 2 fully saturated rings. The molecule has 2 aliphatic rings. The van der Waals surface area contributed by atoms with Gasteiger partial charge in [0.25, 0.3) is 0 Å². The van der Waals surface area contributed by atoms with Crippen LogP contribution in [0.2, 0.25) is 0 Å². The first kappa shape index (κ1) is 14.7. The summed E-state index contributed by atoms with van der Waals surface area (Å²) in [6.07, 6.45) is -2.83. The van der Waals surface area contributed by atoms with Crippen molar-refractivity contribution >= 4 is 11.9 Å². The van der Waals surface area contributed by atoms with Gasteiger partial charge in [-0.05, 0) is 12.8 Å². The Morgan fingerprint density at radius 2 is 1.61 bits per heavy atom. The third kappa shape index (κ3) is 4.91. The molecule has 1 amide bonds. The van der Waals surface area contributed by atoms with Gasteiger partial charge in [0.05, 0.1) is 0 Å². The predicted molar refractivity (Wildman–Crippen MR) is 55.9 cm³/mol. The second-order valence-electron chi connectivity index (χ2n) is 4.15. The molecule has 1 saturated heterocycles. The molecule has 1 aliphatic carbocycles. The molecular formula is C10H15F3N2O3. The zero-order chi connectivity index (χ0) is 13.8. The number of carboxylic acids is 1. The number of hydrogen-bond donors (Lipinski definition) is 2. The Labute approximate surface area is 102 Å². The summed E-state index contributed by atoms with van der Waals surface area (Å²) in [7, 11) is 0. The minimum Gasteiger partial charge on any atom is -0.475 e. The molecule has 0 atom stereocenters. The Morgan fingerprint density at radius 1 is 1.17 bits per heavy atom. The van der Waals surface area contributed by atoms with Gasteiger partial charge in [0.15, 0.2) is 0 Å². The summed E-state index contributed by atoms with van der Waals surface area (Å²) in [5.41, 5.74) is 0. The lowest BCUT2D eigenvalue weighted by atomic mass is 10.3. The molecule has 1 aliphatic heterocycles. The number of aliphatic carboxylic acids is 1. The van der Waals surface area contributed by atoms with Crippen molar-refractivity contribution in [1.82, 2.24) is 10.2 Å². The lowest BCUT2D eigenvalue weighted by Gasteiger charge is -2.27. The van der Waals surface area contributed by atoms with Crippen molar-refractivity contribution < 1.29 is 27.9 Å². The van der Waals surface area contributed by atoms with Crippen LogP contribution in [-0.2, 0) is 9.59 Å². The largest absolute Gasteiger partial charge is 0.490 e. The lowest BCUT2D eigenvalue weighted by Crippen LogP contribution is -2.46. The van der Waals surface area contributed by atoms with E-state index in [1.165, 1.54) is 0 Å². The van der Waals surface area contributed by atoms with Crippen LogP contribution in [0.4, 0.5) is 13.2 Å². The first-order chi connectivity index (χ1) is 8.32. The Kier molecular flexibility index (Phi) is 4.94. The van der Waals surface area contributed by atoms with Crippen LogP contribution < -0.4 is 5.32 Å². The molecule has 2 rings (SSSR count). The lowest BCUT2D eigenvalue weighted by molar-refractivity contribution is -0.192.